The first-order valence-electron chi connectivity index (χ1n) is 8.04. The van der Waals surface area contributed by atoms with Crippen LogP contribution in [0.5, 0.6) is 0 Å². The Labute approximate surface area is 156 Å². The van der Waals surface area contributed by atoms with Crippen LogP contribution in [0.1, 0.15) is 29.3 Å². The highest BCUT2D eigenvalue weighted by Crippen LogP contribution is 2.23. The second-order valence-electron chi connectivity index (χ2n) is 5.59. The summed E-state index contributed by atoms with van der Waals surface area (Å²) in [6, 6.07) is 14.7. The number of benzene rings is 2. The van der Waals surface area contributed by atoms with E-state index in [-0.39, 0.29) is 16.3 Å². The van der Waals surface area contributed by atoms with Crippen LogP contribution in [0.4, 0.5) is 0 Å². The molecule has 0 unspecified atom stereocenters. The predicted molar refractivity (Wildman–Crippen MR) is 96.3 cm³/mol. The van der Waals surface area contributed by atoms with Crippen LogP contribution >= 0.6 is 0 Å². The molecule has 0 amide bonds. The summed E-state index contributed by atoms with van der Waals surface area (Å²) in [6.07, 6.45) is -0.799. The van der Waals surface area contributed by atoms with Crippen molar-refractivity contribution in [3.63, 3.8) is 0 Å². The largest absolute Gasteiger partial charge is 0.449 e. The Hall–Kier alpha value is -3.04. The fraction of sp³-hybridized carbons (Fsp3) is 0.167. The van der Waals surface area contributed by atoms with E-state index in [4.69, 9.17) is 9.15 Å². The number of aromatic nitrogens is 2. The van der Waals surface area contributed by atoms with Crippen molar-refractivity contribution in [3.8, 4) is 11.5 Å². The number of nitrogens with zero attached hydrogens (tertiary/aromatic N) is 2. The number of carbonyl (C=O) groups is 1. The van der Waals surface area contributed by atoms with Crippen LogP contribution in [0.15, 0.2) is 63.9 Å². The average Bonchev–Trinajstić information content (AvgIpc) is 3.19. The lowest BCUT2D eigenvalue weighted by Gasteiger charge is -2.10. The Kier molecular flexibility index (Phi) is 5.33. The van der Waals surface area contributed by atoms with Crippen LogP contribution in [-0.2, 0) is 14.8 Å². The van der Waals surface area contributed by atoms with Crippen molar-refractivity contribution in [2.75, 3.05) is 7.05 Å². The third-order valence-corrected chi connectivity index (χ3v) is 5.15. The summed E-state index contributed by atoms with van der Waals surface area (Å²) in [4.78, 5) is 12.3. The van der Waals surface area contributed by atoms with Crippen molar-refractivity contribution in [3.05, 3.63) is 66.1 Å². The summed E-state index contributed by atoms with van der Waals surface area (Å²) < 4.78 is 36.8. The molecule has 0 bridgehead atoms. The summed E-state index contributed by atoms with van der Waals surface area (Å²) in [5.41, 5.74) is 0.848. The molecule has 0 aliphatic heterocycles. The lowest BCUT2D eigenvalue weighted by molar-refractivity contribution is 0.0279. The number of sulfonamides is 1. The SMILES string of the molecule is CNS(=O)(=O)c1cccc(C(=O)O[C@H](C)c2nnc(-c3ccccc3)o2)c1. The molecule has 27 heavy (non-hydrogen) atoms. The molecular formula is C18H17N3O5S. The molecule has 0 spiro atoms. The van der Waals surface area contributed by atoms with E-state index in [0.29, 0.717) is 5.89 Å². The zero-order chi connectivity index (χ0) is 19.4. The molecule has 1 atom stereocenters. The summed E-state index contributed by atoms with van der Waals surface area (Å²) in [5.74, 6) is -0.244. The van der Waals surface area contributed by atoms with Crippen LogP contribution in [-0.4, -0.2) is 31.6 Å². The molecule has 140 valence electrons. The molecule has 0 fully saturated rings. The van der Waals surface area contributed by atoms with Crippen molar-refractivity contribution in [2.45, 2.75) is 17.9 Å². The van der Waals surface area contributed by atoms with E-state index in [1.54, 1.807) is 6.92 Å². The smallest absolute Gasteiger partial charge is 0.338 e. The zero-order valence-electron chi connectivity index (χ0n) is 14.6. The zero-order valence-corrected chi connectivity index (χ0v) is 15.4. The van der Waals surface area contributed by atoms with Gasteiger partial charge in [0.15, 0.2) is 6.10 Å². The van der Waals surface area contributed by atoms with E-state index in [1.807, 2.05) is 30.3 Å². The van der Waals surface area contributed by atoms with Gasteiger partial charge in [0.1, 0.15) is 0 Å². The molecule has 1 aromatic heterocycles. The van der Waals surface area contributed by atoms with Crippen LogP contribution in [0, 0.1) is 0 Å². The number of carbonyl (C=O) groups excluding carboxylic acids is 1. The summed E-state index contributed by atoms with van der Waals surface area (Å²) in [6.45, 7) is 1.59. The highest BCUT2D eigenvalue weighted by atomic mass is 32.2. The second-order valence-corrected chi connectivity index (χ2v) is 7.48. The fourth-order valence-corrected chi connectivity index (χ4v) is 3.06. The minimum Gasteiger partial charge on any atom is -0.449 e. The maximum atomic E-state index is 12.3. The third-order valence-electron chi connectivity index (χ3n) is 3.74. The third kappa shape index (κ3) is 4.21. The van der Waals surface area contributed by atoms with Crippen molar-refractivity contribution < 1.29 is 22.4 Å². The van der Waals surface area contributed by atoms with Crippen molar-refractivity contribution in [1.82, 2.24) is 14.9 Å². The van der Waals surface area contributed by atoms with Gasteiger partial charge in [-0.25, -0.2) is 17.9 Å². The molecule has 9 heteroatoms. The normalized spacial score (nSPS) is 12.5. The van der Waals surface area contributed by atoms with Crippen molar-refractivity contribution >= 4 is 16.0 Å². The second kappa shape index (κ2) is 7.68. The Bertz CT molecular complexity index is 1050. The van der Waals surface area contributed by atoms with Gasteiger partial charge in [-0.1, -0.05) is 24.3 Å². The summed E-state index contributed by atoms with van der Waals surface area (Å²) >= 11 is 0. The van der Waals surface area contributed by atoms with Crippen LogP contribution in [0.3, 0.4) is 0 Å². The van der Waals surface area contributed by atoms with E-state index in [0.717, 1.165) is 5.56 Å². The van der Waals surface area contributed by atoms with Gasteiger partial charge in [-0.2, -0.15) is 0 Å². The standard InChI is InChI=1S/C18H17N3O5S/c1-12(16-20-21-17(26-16)13-7-4-3-5-8-13)25-18(22)14-9-6-10-15(11-14)27(23,24)19-2/h3-12,19H,1-2H3/t12-/m1/s1. The molecule has 1 N–H and O–H groups in total. The molecule has 8 nitrogen and oxygen atoms in total. The van der Waals surface area contributed by atoms with E-state index < -0.39 is 22.1 Å². The molecule has 0 aliphatic rings. The first kappa shape index (κ1) is 18.7. The monoisotopic (exact) mass is 387 g/mol. The summed E-state index contributed by atoms with van der Waals surface area (Å²) in [7, 11) is -2.37. The van der Waals surface area contributed by atoms with E-state index in [9.17, 15) is 13.2 Å². The molecule has 2 aromatic carbocycles. The van der Waals surface area contributed by atoms with Gasteiger partial charge < -0.3 is 9.15 Å². The Balaban J connectivity index is 1.75. The first-order valence-corrected chi connectivity index (χ1v) is 9.52. The maximum Gasteiger partial charge on any atom is 0.338 e. The highest BCUT2D eigenvalue weighted by molar-refractivity contribution is 7.89. The molecule has 3 aromatic rings. The number of hydrogen-bond donors (Lipinski definition) is 1. The van der Waals surface area contributed by atoms with Gasteiger partial charge in [-0.05, 0) is 44.3 Å². The number of esters is 1. The van der Waals surface area contributed by atoms with Crippen LogP contribution < -0.4 is 4.72 Å². The number of rotatable bonds is 6. The average molecular weight is 387 g/mol. The highest BCUT2D eigenvalue weighted by Gasteiger charge is 2.21. The van der Waals surface area contributed by atoms with Gasteiger partial charge >= 0.3 is 5.97 Å². The number of hydrogen-bond acceptors (Lipinski definition) is 7. The minimum absolute atomic E-state index is 0.0312. The number of ether oxygens (including phenoxy) is 1. The van der Waals surface area contributed by atoms with Crippen molar-refractivity contribution in [1.29, 1.82) is 0 Å². The van der Waals surface area contributed by atoms with Gasteiger partial charge in [-0.3, -0.25) is 0 Å². The van der Waals surface area contributed by atoms with Gasteiger partial charge in [0.2, 0.25) is 15.9 Å². The lowest BCUT2D eigenvalue weighted by atomic mass is 10.2. The Morgan fingerprint density at radius 3 is 2.56 bits per heavy atom. The van der Waals surface area contributed by atoms with Crippen molar-refractivity contribution in [2.24, 2.45) is 0 Å². The lowest BCUT2D eigenvalue weighted by Crippen LogP contribution is -2.19. The first-order chi connectivity index (χ1) is 12.9. The minimum atomic E-state index is -3.66. The quantitative estimate of drug-likeness (QED) is 0.647. The molecule has 3 rings (SSSR count). The topological polar surface area (TPSA) is 111 Å². The Morgan fingerprint density at radius 1 is 1.11 bits per heavy atom. The van der Waals surface area contributed by atoms with Crippen LogP contribution in [0.2, 0.25) is 0 Å². The van der Waals surface area contributed by atoms with E-state index in [1.165, 1.54) is 31.3 Å². The molecule has 0 radical (unpaired) electrons. The van der Waals surface area contributed by atoms with Gasteiger partial charge in [0, 0.05) is 5.56 Å². The summed E-state index contributed by atoms with van der Waals surface area (Å²) in [5, 5.41) is 7.86. The maximum absolute atomic E-state index is 12.3. The fourth-order valence-electron chi connectivity index (χ4n) is 2.28. The van der Waals surface area contributed by atoms with E-state index in [2.05, 4.69) is 14.9 Å². The molecule has 0 aliphatic carbocycles. The Morgan fingerprint density at radius 2 is 1.85 bits per heavy atom. The van der Waals surface area contributed by atoms with Gasteiger partial charge in [0.25, 0.3) is 5.89 Å². The van der Waals surface area contributed by atoms with Gasteiger partial charge in [-0.15, -0.1) is 10.2 Å². The van der Waals surface area contributed by atoms with Gasteiger partial charge in [0.05, 0.1) is 10.5 Å². The number of nitrogens with one attached hydrogen (secondary N) is 1. The predicted octanol–water partition coefficient (Wildman–Crippen LogP) is 2.56. The van der Waals surface area contributed by atoms with Crippen LogP contribution in [0.25, 0.3) is 11.5 Å². The molecule has 0 saturated heterocycles. The molecular weight excluding hydrogens is 370 g/mol. The molecule has 0 saturated carbocycles. The van der Waals surface area contributed by atoms with E-state index >= 15 is 0 Å². The molecule has 1 heterocycles.